The molecule has 0 radical (unpaired) electrons. The van der Waals surface area contributed by atoms with Gasteiger partial charge in [0.2, 0.25) is 0 Å². The first-order chi connectivity index (χ1) is 8.72. The molecule has 0 spiro atoms. The standard InChI is InChI=1S/C14H18N2O2/c1-2-3-9-15-14-6-4-5-11-7-8-12(16(17)18)10-13(11)14/h7-8,10H,2-6,9H2,1H3. The van der Waals surface area contributed by atoms with E-state index in [1.807, 2.05) is 6.07 Å². The predicted molar refractivity (Wildman–Crippen MR) is 72.3 cm³/mol. The van der Waals surface area contributed by atoms with Gasteiger partial charge in [0.25, 0.3) is 5.69 Å². The molecule has 0 fully saturated rings. The van der Waals surface area contributed by atoms with Gasteiger partial charge < -0.3 is 0 Å². The molecule has 1 aromatic carbocycles. The average molecular weight is 246 g/mol. The summed E-state index contributed by atoms with van der Waals surface area (Å²) in [6, 6.07) is 5.15. The fourth-order valence-corrected chi connectivity index (χ4v) is 2.28. The van der Waals surface area contributed by atoms with Crippen LogP contribution in [0.2, 0.25) is 0 Å². The van der Waals surface area contributed by atoms with Gasteiger partial charge in [-0.1, -0.05) is 19.4 Å². The number of benzene rings is 1. The lowest BCUT2D eigenvalue weighted by molar-refractivity contribution is -0.384. The molecule has 2 rings (SSSR count). The zero-order valence-electron chi connectivity index (χ0n) is 10.7. The monoisotopic (exact) mass is 246 g/mol. The quantitative estimate of drug-likeness (QED) is 0.463. The first-order valence-corrected chi connectivity index (χ1v) is 6.53. The molecule has 4 heteroatoms. The minimum atomic E-state index is -0.335. The Labute approximate surface area is 107 Å². The summed E-state index contributed by atoms with van der Waals surface area (Å²) in [5, 5.41) is 10.8. The highest BCUT2D eigenvalue weighted by Gasteiger charge is 2.18. The van der Waals surface area contributed by atoms with Crippen molar-refractivity contribution in [3.05, 3.63) is 39.4 Å². The van der Waals surface area contributed by atoms with Crippen LogP contribution in [-0.4, -0.2) is 17.2 Å². The molecule has 1 aliphatic rings. The molecular formula is C14H18N2O2. The number of fused-ring (bicyclic) bond motifs is 1. The van der Waals surface area contributed by atoms with Crippen LogP contribution in [0.25, 0.3) is 0 Å². The van der Waals surface area contributed by atoms with E-state index in [0.717, 1.165) is 49.9 Å². The maximum Gasteiger partial charge on any atom is 0.270 e. The molecule has 0 aromatic heterocycles. The zero-order valence-corrected chi connectivity index (χ0v) is 10.7. The van der Waals surface area contributed by atoms with Gasteiger partial charge in [0.1, 0.15) is 0 Å². The van der Waals surface area contributed by atoms with Crippen molar-refractivity contribution < 1.29 is 4.92 Å². The van der Waals surface area contributed by atoms with E-state index in [0.29, 0.717) is 0 Å². The molecule has 1 aliphatic carbocycles. The van der Waals surface area contributed by atoms with Crippen molar-refractivity contribution in [1.29, 1.82) is 0 Å². The van der Waals surface area contributed by atoms with E-state index in [4.69, 9.17) is 0 Å². The minimum Gasteiger partial charge on any atom is -0.289 e. The van der Waals surface area contributed by atoms with Gasteiger partial charge in [-0.3, -0.25) is 15.1 Å². The molecule has 0 bridgehead atoms. The molecule has 0 saturated carbocycles. The molecule has 18 heavy (non-hydrogen) atoms. The van der Waals surface area contributed by atoms with Gasteiger partial charge >= 0.3 is 0 Å². The van der Waals surface area contributed by atoms with E-state index in [1.165, 1.54) is 5.56 Å². The van der Waals surface area contributed by atoms with Gasteiger partial charge in [-0.25, -0.2) is 0 Å². The number of unbranched alkanes of at least 4 members (excludes halogenated alkanes) is 1. The van der Waals surface area contributed by atoms with Crippen molar-refractivity contribution in [2.75, 3.05) is 6.54 Å². The van der Waals surface area contributed by atoms with Gasteiger partial charge in [0.05, 0.1) is 4.92 Å². The largest absolute Gasteiger partial charge is 0.289 e. The average Bonchev–Trinajstić information content (AvgIpc) is 2.38. The molecule has 0 atom stereocenters. The third-order valence-electron chi connectivity index (χ3n) is 3.29. The minimum absolute atomic E-state index is 0.166. The van der Waals surface area contributed by atoms with Crippen molar-refractivity contribution in [2.45, 2.75) is 39.0 Å². The van der Waals surface area contributed by atoms with E-state index < -0.39 is 0 Å². The summed E-state index contributed by atoms with van der Waals surface area (Å²) < 4.78 is 0. The van der Waals surface area contributed by atoms with Crippen LogP contribution in [0, 0.1) is 10.1 Å². The number of hydrogen-bond donors (Lipinski definition) is 0. The van der Waals surface area contributed by atoms with E-state index in [9.17, 15) is 10.1 Å². The Morgan fingerprint density at radius 3 is 2.94 bits per heavy atom. The van der Waals surface area contributed by atoms with E-state index in [1.54, 1.807) is 12.1 Å². The van der Waals surface area contributed by atoms with Crippen molar-refractivity contribution in [1.82, 2.24) is 0 Å². The highest BCUT2D eigenvalue weighted by molar-refractivity contribution is 6.03. The molecule has 0 unspecified atom stereocenters. The lowest BCUT2D eigenvalue weighted by Crippen LogP contribution is -2.13. The number of non-ortho nitro benzene ring substituents is 1. The van der Waals surface area contributed by atoms with Crippen LogP contribution in [0.5, 0.6) is 0 Å². The fraction of sp³-hybridized carbons (Fsp3) is 0.500. The summed E-state index contributed by atoms with van der Waals surface area (Å²) in [5.41, 5.74) is 3.40. The van der Waals surface area contributed by atoms with Gasteiger partial charge in [0.15, 0.2) is 0 Å². The number of nitro benzene ring substituents is 1. The summed E-state index contributed by atoms with van der Waals surface area (Å²) in [6.07, 6.45) is 5.24. The maximum atomic E-state index is 10.8. The Bertz CT molecular complexity index is 481. The van der Waals surface area contributed by atoms with Crippen LogP contribution in [0.4, 0.5) is 5.69 Å². The van der Waals surface area contributed by atoms with Crippen molar-refractivity contribution in [3.63, 3.8) is 0 Å². The molecule has 0 heterocycles. The molecule has 0 aliphatic heterocycles. The second-order valence-corrected chi connectivity index (χ2v) is 4.63. The molecule has 4 nitrogen and oxygen atoms in total. The Hall–Kier alpha value is -1.71. The van der Waals surface area contributed by atoms with Gasteiger partial charge in [0, 0.05) is 30.0 Å². The summed E-state index contributed by atoms with van der Waals surface area (Å²) in [6.45, 7) is 2.97. The summed E-state index contributed by atoms with van der Waals surface area (Å²) in [4.78, 5) is 15.1. The van der Waals surface area contributed by atoms with Crippen LogP contribution in [-0.2, 0) is 6.42 Å². The second kappa shape index (κ2) is 5.76. The second-order valence-electron chi connectivity index (χ2n) is 4.63. The molecule has 96 valence electrons. The van der Waals surface area contributed by atoms with Crippen LogP contribution < -0.4 is 0 Å². The first-order valence-electron chi connectivity index (χ1n) is 6.53. The molecule has 0 amide bonds. The lowest BCUT2D eigenvalue weighted by Gasteiger charge is -2.17. The normalized spacial score (nSPS) is 16.6. The van der Waals surface area contributed by atoms with Crippen LogP contribution >= 0.6 is 0 Å². The van der Waals surface area contributed by atoms with Crippen molar-refractivity contribution >= 4 is 11.4 Å². The smallest absolute Gasteiger partial charge is 0.270 e. The highest BCUT2D eigenvalue weighted by Crippen LogP contribution is 2.26. The number of aryl methyl sites for hydroxylation is 1. The lowest BCUT2D eigenvalue weighted by atomic mass is 9.89. The summed E-state index contributed by atoms with van der Waals surface area (Å²) >= 11 is 0. The Morgan fingerprint density at radius 1 is 1.39 bits per heavy atom. The van der Waals surface area contributed by atoms with Gasteiger partial charge in [-0.05, 0) is 31.2 Å². The fourth-order valence-electron chi connectivity index (χ4n) is 2.28. The molecule has 1 aromatic rings. The predicted octanol–water partition coefficient (Wildman–Crippen LogP) is 3.52. The maximum absolute atomic E-state index is 10.8. The Morgan fingerprint density at radius 2 is 2.22 bits per heavy atom. The van der Waals surface area contributed by atoms with E-state index in [2.05, 4.69) is 11.9 Å². The van der Waals surface area contributed by atoms with Gasteiger partial charge in [-0.15, -0.1) is 0 Å². The van der Waals surface area contributed by atoms with Crippen molar-refractivity contribution in [3.8, 4) is 0 Å². The third-order valence-corrected chi connectivity index (χ3v) is 3.29. The van der Waals surface area contributed by atoms with Crippen LogP contribution in [0.1, 0.15) is 43.7 Å². The third kappa shape index (κ3) is 2.75. The van der Waals surface area contributed by atoms with Gasteiger partial charge in [-0.2, -0.15) is 0 Å². The number of aliphatic imine (C=N–C) groups is 1. The first kappa shape index (κ1) is 12.7. The number of nitrogens with zero attached hydrogens (tertiary/aromatic N) is 2. The summed E-state index contributed by atoms with van der Waals surface area (Å²) in [7, 11) is 0. The Kier molecular flexibility index (Phi) is 4.07. The number of nitro groups is 1. The Balaban J connectivity index is 2.31. The molecular weight excluding hydrogens is 228 g/mol. The number of rotatable bonds is 4. The summed E-state index contributed by atoms with van der Waals surface area (Å²) in [5.74, 6) is 0. The van der Waals surface area contributed by atoms with Crippen molar-refractivity contribution in [2.24, 2.45) is 4.99 Å². The zero-order chi connectivity index (χ0) is 13.0. The van der Waals surface area contributed by atoms with E-state index in [-0.39, 0.29) is 10.6 Å². The highest BCUT2D eigenvalue weighted by atomic mass is 16.6. The van der Waals surface area contributed by atoms with E-state index >= 15 is 0 Å². The SMILES string of the molecule is CCCCN=C1CCCc2ccc([N+](=O)[O-])cc21. The molecule has 0 saturated heterocycles. The molecule has 0 N–H and O–H groups in total. The van der Waals surface area contributed by atoms with Crippen LogP contribution in [0.3, 0.4) is 0 Å². The van der Waals surface area contributed by atoms with Crippen LogP contribution in [0.15, 0.2) is 23.2 Å². The number of hydrogen-bond acceptors (Lipinski definition) is 3. The topological polar surface area (TPSA) is 55.5 Å².